The van der Waals surface area contributed by atoms with Crippen molar-refractivity contribution in [3.63, 3.8) is 0 Å². The van der Waals surface area contributed by atoms with Crippen LogP contribution in [0.4, 0.5) is 11.9 Å². The van der Waals surface area contributed by atoms with Gasteiger partial charge in [-0.3, -0.25) is 4.79 Å². The molecule has 0 aliphatic carbocycles. The zero-order valence-electron chi connectivity index (χ0n) is 11.1. The molecule has 104 valence electrons. The number of nitrogens with zero attached hydrogens (tertiary/aromatic N) is 4. The summed E-state index contributed by atoms with van der Waals surface area (Å²) in [5.41, 5.74) is 5.39. The number of ether oxygens (including phenoxy) is 1. The Morgan fingerprint density at radius 2 is 2.32 bits per heavy atom. The van der Waals surface area contributed by atoms with Gasteiger partial charge >= 0.3 is 6.01 Å². The molecular formula is C11H18N6O2. The molecule has 1 unspecified atom stereocenters. The van der Waals surface area contributed by atoms with Crippen LogP contribution in [0.5, 0.6) is 6.01 Å². The summed E-state index contributed by atoms with van der Waals surface area (Å²) in [6.45, 7) is 3.33. The summed E-state index contributed by atoms with van der Waals surface area (Å²) >= 11 is 0. The van der Waals surface area contributed by atoms with Crippen LogP contribution >= 0.6 is 0 Å². The van der Waals surface area contributed by atoms with Gasteiger partial charge in [-0.15, -0.1) is 0 Å². The van der Waals surface area contributed by atoms with Crippen molar-refractivity contribution in [3.05, 3.63) is 0 Å². The number of aromatic nitrogens is 3. The molecule has 0 spiro atoms. The highest BCUT2D eigenvalue weighted by atomic mass is 16.5. The fourth-order valence-electron chi connectivity index (χ4n) is 2.10. The smallest absolute Gasteiger partial charge is 0.322 e. The third kappa shape index (κ3) is 2.83. The number of nitrogens with one attached hydrogen (secondary N) is 1. The van der Waals surface area contributed by atoms with Gasteiger partial charge < -0.3 is 20.7 Å². The van der Waals surface area contributed by atoms with E-state index in [1.165, 1.54) is 7.11 Å². The second-order valence-electron chi connectivity index (χ2n) is 4.23. The van der Waals surface area contributed by atoms with Crippen molar-refractivity contribution < 1.29 is 9.53 Å². The number of methoxy groups -OCH3 is 1. The molecule has 1 aromatic heterocycles. The van der Waals surface area contributed by atoms with Gasteiger partial charge in [-0.2, -0.15) is 15.0 Å². The summed E-state index contributed by atoms with van der Waals surface area (Å²) in [5, 5.41) is 3.01. The van der Waals surface area contributed by atoms with Crippen LogP contribution in [0.3, 0.4) is 0 Å². The molecule has 8 heteroatoms. The lowest BCUT2D eigenvalue weighted by molar-refractivity contribution is -0.119. The number of amides is 1. The van der Waals surface area contributed by atoms with Gasteiger partial charge in [-0.05, 0) is 19.8 Å². The van der Waals surface area contributed by atoms with Gasteiger partial charge in [0.1, 0.15) is 6.04 Å². The maximum atomic E-state index is 11.4. The van der Waals surface area contributed by atoms with Gasteiger partial charge in [0, 0.05) is 13.1 Å². The Morgan fingerprint density at radius 1 is 1.53 bits per heavy atom. The molecule has 1 fully saturated rings. The molecule has 1 atom stereocenters. The van der Waals surface area contributed by atoms with Gasteiger partial charge in [0.15, 0.2) is 0 Å². The van der Waals surface area contributed by atoms with Crippen LogP contribution in [-0.4, -0.2) is 47.1 Å². The summed E-state index contributed by atoms with van der Waals surface area (Å²) in [4.78, 5) is 25.8. The zero-order chi connectivity index (χ0) is 13.8. The number of carbonyl (C=O) groups is 1. The van der Waals surface area contributed by atoms with Crippen molar-refractivity contribution in [2.75, 3.05) is 30.4 Å². The highest BCUT2D eigenvalue weighted by Gasteiger charge is 2.31. The van der Waals surface area contributed by atoms with E-state index in [9.17, 15) is 4.79 Å². The fraction of sp³-hybridized carbons (Fsp3) is 0.636. The lowest BCUT2D eigenvalue weighted by atomic mass is 10.2. The number of hydrogen-bond donors (Lipinski definition) is 2. The Kier molecular flexibility index (Phi) is 3.98. The Labute approximate surface area is 111 Å². The third-order valence-electron chi connectivity index (χ3n) is 2.96. The molecule has 0 saturated carbocycles. The maximum Gasteiger partial charge on any atom is 0.322 e. The largest absolute Gasteiger partial charge is 0.467 e. The number of nitrogens with two attached hydrogens (primary N) is 1. The summed E-state index contributed by atoms with van der Waals surface area (Å²) < 4.78 is 5.05. The van der Waals surface area contributed by atoms with Crippen LogP contribution in [0.1, 0.15) is 19.8 Å². The predicted molar refractivity (Wildman–Crippen MR) is 70.1 cm³/mol. The number of hydrogen-bond acceptors (Lipinski definition) is 7. The van der Waals surface area contributed by atoms with Crippen molar-refractivity contribution >= 4 is 17.8 Å². The number of carbonyl (C=O) groups excluding carboxylic acids is 1. The van der Waals surface area contributed by atoms with Gasteiger partial charge in [-0.1, -0.05) is 0 Å². The Morgan fingerprint density at radius 3 is 2.95 bits per heavy atom. The summed E-state index contributed by atoms with van der Waals surface area (Å²) in [7, 11) is 1.49. The first kappa shape index (κ1) is 13.3. The average molecular weight is 266 g/mol. The molecule has 3 N–H and O–H groups in total. The van der Waals surface area contributed by atoms with E-state index in [4.69, 9.17) is 10.5 Å². The number of rotatable bonds is 5. The molecule has 2 heterocycles. The lowest BCUT2D eigenvalue weighted by Crippen LogP contribution is -2.41. The van der Waals surface area contributed by atoms with E-state index in [0.29, 0.717) is 25.0 Å². The first-order valence-electron chi connectivity index (χ1n) is 6.25. The molecular weight excluding hydrogens is 248 g/mol. The molecule has 1 amide bonds. The summed E-state index contributed by atoms with van der Waals surface area (Å²) in [5.74, 6) is 0.491. The Balaban J connectivity index is 2.32. The van der Waals surface area contributed by atoms with Crippen molar-refractivity contribution in [3.8, 4) is 6.01 Å². The van der Waals surface area contributed by atoms with Gasteiger partial charge in [0.2, 0.25) is 17.8 Å². The predicted octanol–water partition coefficient (Wildman–Crippen LogP) is -0.234. The first-order chi connectivity index (χ1) is 9.15. The van der Waals surface area contributed by atoms with E-state index in [-0.39, 0.29) is 18.0 Å². The monoisotopic (exact) mass is 266 g/mol. The molecule has 1 saturated heterocycles. The quantitative estimate of drug-likeness (QED) is 0.757. The average Bonchev–Trinajstić information content (AvgIpc) is 2.88. The van der Waals surface area contributed by atoms with E-state index in [2.05, 4.69) is 20.3 Å². The van der Waals surface area contributed by atoms with Crippen LogP contribution in [0, 0.1) is 0 Å². The van der Waals surface area contributed by atoms with Crippen molar-refractivity contribution in [1.29, 1.82) is 0 Å². The molecule has 8 nitrogen and oxygen atoms in total. The van der Waals surface area contributed by atoms with E-state index in [1.807, 2.05) is 6.92 Å². The summed E-state index contributed by atoms with van der Waals surface area (Å²) in [6.07, 6.45) is 1.61. The first-order valence-corrected chi connectivity index (χ1v) is 6.25. The zero-order valence-corrected chi connectivity index (χ0v) is 11.1. The van der Waals surface area contributed by atoms with Crippen molar-refractivity contribution in [2.24, 2.45) is 5.73 Å². The Bertz CT molecular complexity index is 466. The van der Waals surface area contributed by atoms with Crippen LogP contribution in [0.2, 0.25) is 0 Å². The highest BCUT2D eigenvalue weighted by molar-refractivity contribution is 5.83. The molecule has 0 radical (unpaired) electrons. The minimum absolute atomic E-state index is 0.219. The molecule has 0 bridgehead atoms. The highest BCUT2D eigenvalue weighted by Crippen LogP contribution is 2.24. The second kappa shape index (κ2) is 5.68. The molecule has 1 aliphatic heterocycles. The standard InChI is InChI=1S/C11H18N6O2/c1-3-13-9-14-10(16-11(15-9)19-2)17-6-4-5-7(17)8(12)18/h7H,3-6H2,1-2H3,(H2,12,18)(H,13,14,15,16). The molecule has 19 heavy (non-hydrogen) atoms. The maximum absolute atomic E-state index is 11.4. The number of primary amides is 1. The van der Waals surface area contributed by atoms with Gasteiger partial charge in [0.05, 0.1) is 7.11 Å². The van der Waals surface area contributed by atoms with Crippen LogP contribution in [0.25, 0.3) is 0 Å². The third-order valence-corrected chi connectivity index (χ3v) is 2.96. The van der Waals surface area contributed by atoms with Crippen LogP contribution in [-0.2, 0) is 4.79 Å². The molecule has 0 aromatic carbocycles. The van der Waals surface area contributed by atoms with Crippen molar-refractivity contribution in [1.82, 2.24) is 15.0 Å². The topological polar surface area (TPSA) is 106 Å². The van der Waals surface area contributed by atoms with E-state index in [0.717, 1.165) is 12.8 Å². The normalized spacial score (nSPS) is 18.4. The SMILES string of the molecule is CCNc1nc(OC)nc(N2CCCC2C(N)=O)n1. The second-order valence-corrected chi connectivity index (χ2v) is 4.23. The lowest BCUT2D eigenvalue weighted by Gasteiger charge is -2.22. The molecule has 1 aliphatic rings. The van der Waals surface area contributed by atoms with Gasteiger partial charge in [-0.25, -0.2) is 0 Å². The van der Waals surface area contributed by atoms with Crippen LogP contribution in [0.15, 0.2) is 0 Å². The van der Waals surface area contributed by atoms with Crippen LogP contribution < -0.4 is 20.7 Å². The van der Waals surface area contributed by atoms with E-state index < -0.39 is 0 Å². The minimum Gasteiger partial charge on any atom is -0.467 e. The number of anilines is 2. The fourth-order valence-corrected chi connectivity index (χ4v) is 2.10. The molecule has 1 aromatic rings. The molecule has 2 rings (SSSR count). The Hall–Kier alpha value is -2.12. The van der Waals surface area contributed by atoms with Gasteiger partial charge in [0.25, 0.3) is 0 Å². The van der Waals surface area contributed by atoms with Crippen molar-refractivity contribution in [2.45, 2.75) is 25.8 Å². The van der Waals surface area contributed by atoms with E-state index >= 15 is 0 Å². The summed E-state index contributed by atoms with van der Waals surface area (Å²) in [6, 6.07) is -0.141. The van der Waals surface area contributed by atoms with E-state index in [1.54, 1.807) is 4.90 Å². The minimum atomic E-state index is -0.360.